The Kier molecular flexibility index (Phi) is 5.68. The lowest BCUT2D eigenvalue weighted by Crippen LogP contribution is -2.50. The van der Waals surface area contributed by atoms with E-state index < -0.39 is 0 Å². The fraction of sp³-hybridized carbons (Fsp3) is 0.938. The molecule has 1 unspecified atom stereocenters. The van der Waals surface area contributed by atoms with Crippen molar-refractivity contribution >= 4 is 5.91 Å². The van der Waals surface area contributed by atoms with Crippen LogP contribution in [0.15, 0.2) is 0 Å². The largest absolute Gasteiger partial charge is 0.352 e. The molecule has 0 bridgehead atoms. The molecule has 1 amide bonds. The quantitative estimate of drug-likeness (QED) is 0.803. The lowest BCUT2D eigenvalue weighted by Gasteiger charge is -2.30. The van der Waals surface area contributed by atoms with Crippen molar-refractivity contribution in [3.63, 3.8) is 0 Å². The summed E-state index contributed by atoms with van der Waals surface area (Å²) in [6.45, 7) is 4.25. The Morgan fingerprint density at radius 1 is 0.947 bits per heavy atom. The van der Waals surface area contributed by atoms with Crippen molar-refractivity contribution in [2.24, 2.45) is 5.92 Å². The molecule has 19 heavy (non-hydrogen) atoms. The zero-order valence-electron chi connectivity index (χ0n) is 12.6. The fourth-order valence-electron chi connectivity index (χ4n) is 3.64. The van der Waals surface area contributed by atoms with Crippen LogP contribution in [0.25, 0.3) is 0 Å². The first-order valence-electron chi connectivity index (χ1n) is 8.23. The molecular weight excluding hydrogens is 236 g/mol. The Labute approximate surface area is 117 Å². The summed E-state index contributed by atoms with van der Waals surface area (Å²) < 4.78 is 0. The molecular formula is C16H30N2O. The van der Waals surface area contributed by atoms with Gasteiger partial charge in [0.1, 0.15) is 0 Å². The zero-order valence-corrected chi connectivity index (χ0v) is 12.6. The minimum atomic E-state index is -0.0578. The Morgan fingerprint density at radius 2 is 1.53 bits per heavy atom. The van der Waals surface area contributed by atoms with Crippen LogP contribution in [0.2, 0.25) is 0 Å². The molecule has 2 N–H and O–H groups in total. The molecule has 110 valence electrons. The highest BCUT2D eigenvalue weighted by Gasteiger charge is 2.25. The molecule has 2 aliphatic carbocycles. The second kappa shape index (κ2) is 7.28. The van der Waals surface area contributed by atoms with Gasteiger partial charge in [-0.25, -0.2) is 0 Å². The normalized spacial score (nSPS) is 25.2. The Bertz CT molecular complexity index is 280. The van der Waals surface area contributed by atoms with Crippen LogP contribution in [0.3, 0.4) is 0 Å². The van der Waals surface area contributed by atoms with Crippen LogP contribution < -0.4 is 10.6 Å². The maximum absolute atomic E-state index is 12.1. The summed E-state index contributed by atoms with van der Waals surface area (Å²) in [5.41, 5.74) is 0. The lowest BCUT2D eigenvalue weighted by atomic mass is 9.84. The minimum Gasteiger partial charge on any atom is -0.352 e. The van der Waals surface area contributed by atoms with E-state index in [1.807, 2.05) is 6.92 Å². The molecule has 0 spiro atoms. The fourth-order valence-corrected chi connectivity index (χ4v) is 3.64. The minimum absolute atomic E-state index is 0.0578. The smallest absolute Gasteiger partial charge is 0.237 e. The van der Waals surface area contributed by atoms with Gasteiger partial charge in [-0.3, -0.25) is 4.79 Å². The van der Waals surface area contributed by atoms with E-state index in [2.05, 4.69) is 17.6 Å². The van der Waals surface area contributed by atoms with Gasteiger partial charge in [0, 0.05) is 12.1 Å². The SMILES string of the molecule is CC(N[C@@H](C)C1CCCCC1)C(=O)NC1CCCC1. The summed E-state index contributed by atoms with van der Waals surface area (Å²) in [7, 11) is 0. The first-order chi connectivity index (χ1) is 9.16. The number of rotatable bonds is 5. The summed E-state index contributed by atoms with van der Waals surface area (Å²) in [6, 6.07) is 0.837. The van der Waals surface area contributed by atoms with Gasteiger partial charge in [-0.15, -0.1) is 0 Å². The topological polar surface area (TPSA) is 41.1 Å². The predicted molar refractivity (Wildman–Crippen MR) is 79.0 cm³/mol. The number of carbonyl (C=O) groups is 1. The van der Waals surface area contributed by atoms with E-state index in [0.717, 1.165) is 18.8 Å². The molecule has 0 aliphatic heterocycles. The Hall–Kier alpha value is -0.570. The maximum Gasteiger partial charge on any atom is 0.237 e. The standard InChI is InChI=1S/C16H30N2O/c1-12(14-8-4-3-5-9-14)17-13(2)16(19)18-15-10-6-7-11-15/h12-15,17H,3-11H2,1-2H3,(H,18,19)/t12-,13?/m0/s1. The molecule has 0 aromatic heterocycles. The van der Waals surface area contributed by atoms with E-state index in [1.165, 1.54) is 44.9 Å². The van der Waals surface area contributed by atoms with Gasteiger partial charge in [0.05, 0.1) is 6.04 Å². The second-order valence-electron chi connectivity index (χ2n) is 6.57. The summed E-state index contributed by atoms with van der Waals surface area (Å²) in [5, 5.41) is 6.70. The summed E-state index contributed by atoms with van der Waals surface area (Å²) in [6.07, 6.45) is 11.6. The molecule has 3 nitrogen and oxygen atoms in total. The Balaban J connectivity index is 1.72. The van der Waals surface area contributed by atoms with Crippen LogP contribution in [0, 0.1) is 5.92 Å². The molecule has 0 heterocycles. The third-order valence-electron chi connectivity index (χ3n) is 4.96. The van der Waals surface area contributed by atoms with E-state index in [1.54, 1.807) is 0 Å². The van der Waals surface area contributed by atoms with Gasteiger partial charge in [-0.1, -0.05) is 32.1 Å². The van der Waals surface area contributed by atoms with E-state index in [-0.39, 0.29) is 11.9 Å². The zero-order chi connectivity index (χ0) is 13.7. The van der Waals surface area contributed by atoms with Gasteiger partial charge < -0.3 is 10.6 Å². The van der Waals surface area contributed by atoms with Gasteiger partial charge >= 0.3 is 0 Å². The number of hydrogen-bond donors (Lipinski definition) is 2. The molecule has 3 heteroatoms. The molecule has 2 atom stereocenters. The second-order valence-corrected chi connectivity index (χ2v) is 6.57. The molecule has 2 rings (SSSR count). The summed E-state index contributed by atoms with van der Waals surface area (Å²) in [5.74, 6) is 0.949. The average molecular weight is 266 g/mol. The number of amides is 1. The van der Waals surface area contributed by atoms with Crippen LogP contribution >= 0.6 is 0 Å². The highest BCUT2D eigenvalue weighted by Crippen LogP contribution is 2.26. The van der Waals surface area contributed by atoms with Crippen molar-refractivity contribution in [2.45, 2.75) is 89.8 Å². The van der Waals surface area contributed by atoms with E-state index in [9.17, 15) is 4.79 Å². The third-order valence-corrected chi connectivity index (χ3v) is 4.96. The highest BCUT2D eigenvalue weighted by atomic mass is 16.2. The van der Waals surface area contributed by atoms with E-state index in [0.29, 0.717) is 12.1 Å². The molecule has 0 aromatic carbocycles. The van der Waals surface area contributed by atoms with Crippen LogP contribution in [0.4, 0.5) is 0 Å². The maximum atomic E-state index is 12.1. The van der Waals surface area contributed by atoms with E-state index >= 15 is 0 Å². The third kappa shape index (κ3) is 4.48. The van der Waals surface area contributed by atoms with Gasteiger partial charge in [0.15, 0.2) is 0 Å². The summed E-state index contributed by atoms with van der Waals surface area (Å²) >= 11 is 0. The molecule has 2 fully saturated rings. The number of carbonyl (C=O) groups excluding carboxylic acids is 1. The van der Waals surface area contributed by atoms with Crippen LogP contribution in [-0.2, 0) is 4.79 Å². The highest BCUT2D eigenvalue weighted by molar-refractivity contribution is 5.81. The van der Waals surface area contributed by atoms with E-state index in [4.69, 9.17) is 0 Å². The van der Waals surface area contributed by atoms with Gasteiger partial charge in [0.2, 0.25) is 5.91 Å². The van der Waals surface area contributed by atoms with Crippen molar-refractivity contribution in [3.05, 3.63) is 0 Å². The number of nitrogens with one attached hydrogen (secondary N) is 2. The molecule has 2 aliphatic rings. The lowest BCUT2D eigenvalue weighted by molar-refractivity contribution is -0.123. The first-order valence-corrected chi connectivity index (χ1v) is 8.23. The average Bonchev–Trinajstić information content (AvgIpc) is 2.92. The molecule has 0 saturated heterocycles. The number of hydrogen-bond acceptors (Lipinski definition) is 2. The van der Waals surface area contributed by atoms with Crippen LogP contribution in [-0.4, -0.2) is 24.0 Å². The van der Waals surface area contributed by atoms with Crippen molar-refractivity contribution in [2.75, 3.05) is 0 Å². The van der Waals surface area contributed by atoms with Gasteiger partial charge in [-0.05, 0) is 45.4 Å². The van der Waals surface area contributed by atoms with Crippen molar-refractivity contribution in [1.82, 2.24) is 10.6 Å². The van der Waals surface area contributed by atoms with Crippen LogP contribution in [0.5, 0.6) is 0 Å². The van der Waals surface area contributed by atoms with Gasteiger partial charge in [0.25, 0.3) is 0 Å². The van der Waals surface area contributed by atoms with Crippen molar-refractivity contribution in [3.8, 4) is 0 Å². The monoisotopic (exact) mass is 266 g/mol. The first kappa shape index (κ1) is 14.8. The predicted octanol–water partition coefficient (Wildman–Crippen LogP) is 2.99. The van der Waals surface area contributed by atoms with Crippen LogP contribution in [0.1, 0.15) is 71.6 Å². The molecule has 0 radical (unpaired) electrons. The van der Waals surface area contributed by atoms with Gasteiger partial charge in [-0.2, -0.15) is 0 Å². The molecule has 2 saturated carbocycles. The molecule has 0 aromatic rings. The summed E-state index contributed by atoms with van der Waals surface area (Å²) in [4.78, 5) is 12.1. The van der Waals surface area contributed by atoms with Crippen molar-refractivity contribution < 1.29 is 4.79 Å². The Morgan fingerprint density at radius 3 is 2.16 bits per heavy atom. The van der Waals surface area contributed by atoms with Crippen molar-refractivity contribution in [1.29, 1.82) is 0 Å².